The van der Waals surface area contributed by atoms with Crippen LogP contribution >= 0.6 is 11.3 Å². The molecule has 4 rings (SSSR count). The van der Waals surface area contributed by atoms with Crippen molar-refractivity contribution in [3.8, 4) is 5.75 Å². The number of aromatic nitrogens is 1. The molecule has 0 radical (unpaired) electrons. The van der Waals surface area contributed by atoms with Crippen LogP contribution in [0.5, 0.6) is 5.75 Å². The van der Waals surface area contributed by atoms with Gasteiger partial charge in [0.05, 0.1) is 12.2 Å². The number of rotatable bonds is 6. The number of hydrogen-bond acceptors (Lipinski definition) is 4. The largest absolute Gasteiger partial charge is 0.508 e. The summed E-state index contributed by atoms with van der Waals surface area (Å²) in [6.07, 6.45) is 2.90. The number of para-hydroxylation sites is 1. The first-order valence-corrected chi connectivity index (χ1v) is 10.3. The quantitative estimate of drug-likeness (QED) is 0.592. The average molecular weight is 412 g/mol. The molecule has 1 heterocycles. The fourth-order valence-corrected chi connectivity index (χ4v) is 4.24. The molecule has 7 heteroatoms. The number of halogens is 1. The van der Waals surface area contributed by atoms with Crippen molar-refractivity contribution in [3.63, 3.8) is 0 Å². The van der Waals surface area contributed by atoms with E-state index in [1.807, 2.05) is 6.07 Å². The Morgan fingerprint density at radius 2 is 1.97 bits per heavy atom. The monoisotopic (exact) mass is 411 g/mol. The molecule has 5 nitrogen and oxygen atoms in total. The van der Waals surface area contributed by atoms with Crippen molar-refractivity contribution < 1.29 is 14.3 Å². The highest BCUT2D eigenvalue weighted by Crippen LogP contribution is 2.44. The summed E-state index contributed by atoms with van der Waals surface area (Å²) in [6, 6.07) is 13.2. The third-order valence-electron chi connectivity index (χ3n) is 4.93. The summed E-state index contributed by atoms with van der Waals surface area (Å²) in [4.78, 5) is 19.9. The highest BCUT2D eigenvalue weighted by atomic mass is 32.1. The molecule has 0 atom stereocenters. The molecule has 0 aliphatic heterocycles. The fourth-order valence-electron chi connectivity index (χ4n) is 3.17. The minimum absolute atomic E-state index is 0.166. The molecule has 1 saturated carbocycles. The molecule has 0 spiro atoms. The molecule has 0 bridgehead atoms. The number of phenols is 1. The second-order valence-electron chi connectivity index (χ2n) is 7.32. The lowest BCUT2D eigenvalue weighted by atomic mass is 10.1. The number of hydrogen-bond donors (Lipinski definition) is 2. The van der Waals surface area contributed by atoms with Crippen LogP contribution in [-0.2, 0) is 13.0 Å². The summed E-state index contributed by atoms with van der Waals surface area (Å²) in [5.74, 6) is 0.367. The zero-order valence-corrected chi connectivity index (χ0v) is 16.9. The maximum Gasteiger partial charge on any atom is 0.323 e. The Morgan fingerprint density at radius 1 is 1.24 bits per heavy atom. The Labute approximate surface area is 172 Å². The first-order valence-electron chi connectivity index (χ1n) is 9.52. The maximum absolute atomic E-state index is 13.2. The molecular weight excluding hydrogens is 389 g/mol. The number of aromatic hydroxyl groups is 1. The van der Waals surface area contributed by atoms with E-state index in [9.17, 15) is 14.3 Å². The van der Waals surface area contributed by atoms with Crippen LogP contribution in [-0.4, -0.2) is 28.1 Å². The van der Waals surface area contributed by atoms with E-state index in [1.54, 1.807) is 37.4 Å². The highest BCUT2D eigenvalue weighted by Gasteiger charge is 2.30. The zero-order valence-electron chi connectivity index (χ0n) is 16.1. The lowest BCUT2D eigenvalue weighted by molar-refractivity contribution is 0.220. The van der Waals surface area contributed by atoms with Crippen molar-refractivity contribution in [1.82, 2.24) is 9.88 Å². The SMILES string of the molecule is CN(Cc1ccccc1O)C(=O)Nc1nc(C2CC2)c(Cc2ccc(F)cc2)s1. The number of carbonyl (C=O) groups excluding carboxylic acids is 1. The van der Waals surface area contributed by atoms with Crippen LogP contribution in [0.2, 0.25) is 0 Å². The van der Waals surface area contributed by atoms with Crippen LogP contribution < -0.4 is 5.32 Å². The van der Waals surface area contributed by atoms with Crippen LogP contribution in [0.15, 0.2) is 48.5 Å². The van der Waals surface area contributed by atoms with Gasteiger partial charge < -0.3 is 10.0 Å². The number of amides is 2. The average Bonchev–Trinajstić information content (AvgIpc) is 3.47. The second kappa shape index (κ2) is 8.21. The number of phenolic OH excluding ortho intramolecular Hbond substituents is 1. The van der Waals surface area contributed by atoms with Crippen LogP contribution in [0.4, 0.5) is 14.3 Å². The van der Waals surface area contributed by atoms with Gasteiger partial charge in [0.2, 0.25) is 0 Å². The Morgan fingerprint density at radius 3 is 2.66 bits per heavy atom. The Balaban J connectivity index is 1.46. The fraction of sp³-hybridized carbons (Fsp3) is 0.273. The topological polar surface area (TPSA) is 65.5 Å². The van der Waals surface area contributed by atoms with Crippen LogP contribution in [0, 0.1) is 5.82 Å². The predicted molar refractivity (Wildman–Crippen MR) is 112 cm³/mol. The van der Waals surface area contributed by atoms with Gasteiger partial charge in [0, 0.05) is 29.8 Å². The lowest BCUT2D eigenvalue weighted by Crippen LogP contribution is -2.30. The van der Waals surface area contributed by atoms with Crippen molar-refractivity contribution in [3.05, 3.63) is 76.0 Å². The van der Waals surface area contributed by atoms with E-state index >= 15 is 0 Å². The summed E-state index contributed by atoms with van der Waals surface area (Å²) in [6.45, 7) is 0.293. The minimum atomic E-state index is -0.280. The summed E-state index contributed by atoms with van der Waals surface area (Å²) in [5, 5.41) is 13.3. The third-order valence-corrected chi connectivity index (χ3v) is 5.92. The van der Waals surface area contributed by atoms with Crippen LogP contribution in [0.1, 0.15) is 40.5 Å². The number of carbonyl (C=O) groups is 1. The van der Waals surface area contributed by atoms with Gasteiger partial charge in [0.1, 0.15) is 11.6 Å². The maximum atomic E-state index is 13.2. The van der Waals surface area contributed by atoms with Gasteiger partial charge in [-0.05, 0) is 36.6 Å². The molecule has 1 aromatic heterocycles. The lowest BCUT2D eigenvalue weighted by Gasteiger charge is -2.17. The molecular formula is C22H22FN3O2S. The molecule has 150 valence electrons. The molecule has 1 aliphatic rings. The number of benzene rings is 2. The number of thiazole rings is 1. The second-order valence-corrected chi connectivity index (χ2v) is 8.40. The van der Waals surface area contributed by atoms with E-state index in [-0.39, 0.29) is 17.6 Å². The zero-order chi connectivity index (χ0) is 20.4. The molecule has 0 unspecified atom stereocenters. The molecule has 2 amide bonds. The van der Waals surface area contributed by atoms with Gasteiger partial charge in [0.15, 0.2) is 5.13 Å². The van der Waals surface area contributed by atoms with Gasteiger partial charge in [-0.2, -0.15) is 0 Å². The van der Waals surface area contributed by atoms with E-state index in [4.69, 9.17) is 0 Å². The standard InChI is InChI=1S/C22H22FN3O2S/c1-26(13-16-4-2-3-5-18(16)27)22(28)25-21-24-20(15-8-9-15)19(29-21)12-14-6-10-17(23)11-7-14/h2-7,10-11,15,27H,8-9,12-13H2,1H3,(H,24,25,28). The van der Waals surface area contributed by atoms with Gasteiger partial charge in [0.25, 0.3) is 0 Å². The summed E-state index contributed by atoms with van der Waals surface area (Å²) in [5.41, 5.74) is 2.74. The highest BCUT2D eigenvalue weighted by molar-refractivity contribution is 7.15. The molecule has 1 fully saturated rings. The smallest absolute Gasteiger partial charge is 0.323 e. The van der Waals surface area contributed by atoms with E-state index < -0.39 is 0 Å². The van der Waals surface area contributed by atoms with Crippen molar-refractivity contribution in [1.29, 1.82) is 0 Å². The van der Waals surface area contributed by atoms with Gasteiger partial charge in [-0.3, -0.25) is 5.32 Å². The molecule has 3 aromatic rings. The number of nitrogens with one attached hydrogen (secondary N) is 1. The predicted octanol–water partition coefficient (Wildman–Crippen LogP) is 5.12. The first-order chi connectivity index (χ1) is 14.0. The Kier molecular flexibility index (Phi) is 5.49. The summed E-state index contributed by atoms with van der Waals surface area (Å²) < 4.78 is 13.2. The van der Waals surface area contributed by atoms with Crippen molar-refractivity contribution in [2.24, 2.45) is 0 Å². The third kappa shape index (κ3) is 4.74. The van der Waals surface area contributed by atoms with E-state index in [2.05, 4.69) is 10.3 Å². The summed E-state index contributed by atoms with van der Waals surface area (Å²) in [7, 11) is 1.68. The molecule has 2 aromatic carbocycles. The van der Waals surface area contributed by atoms with E-state index in [1.165, 1.54) is 28.4 Å². The van der Waals surface area contributed by atoms with Crippen molar-refractivity contribution in [2.45, 2.75) is 31.7 Å². The van der Waals surface area contributed by atoms with Gasteiger partial charge in [-0.15, -0.1) is 11.3 Å². The van der Waals surface area contributed by atoms with E-state index in [0.717, 1.165) is 29.0 Å². The molecule has 29 heavy (non-hydrogen) atoms. The van der Waals surface area contributed by atoms with Crippen LogP contribution in [0.3, 0.4) is 0 Å². The molecule has 1 aliphatic carbocycles. The van der Waals surface area contributed by atoms with Gasteiger partial charge in [-0.1, -0.05) is 30.3 Å². The number of nitrogens with zero attached hydrogens (tertiary/aromatic N) is 2. The van der Waals surface area contributed by atoms with Crippen molar-refractivity contribution in [2.75, 3.05) is 12.4 Å². The summed E-state index contributed by atoms with van der Waals surface area (Å²) >= 11 is 1.47. The van der Waals surface area contributed by atoms with Crippen LogP contribution in [0.25, 0.3) is 0 Å². The normalized spacial score (nSPS) is 13.3. The Hall–Kier alpha value is -2.93. The number of urea groups is 1. The minimum Gasteiger partial charge on any atom is -0.508 e. The first kappa shape index (κ1) is 19.4. The van der Waals surface area contributed by atoms with Crippen molar-refractivity contribution >= 4 is 22.5 Å². The molecule has 0 saturated heterocycles. The van der Waals surface area contributed by atoms with Gasteiger partial charge in [-0.25, -0.2) is 14.2 Å². The van der Waals surface area contributed by atoms with Gasteiger partial charge >= 0.3 is 6.03 Å². The number of anilines is 1. The van der Waals surface area contributed by atoms with E-state index in [0.29, 0.717) is 29.6 Å². The Bertz CT molecular complexity index is 1020. The molecule has 2 N–H and O–H groups in total.